The molecule has 2 aromatic rings. The van der Waals surface area contributed by atoms with Gasteiger partial charge in [0, 0.05) is 25.0 Å². The van der Waals surface area contributed by atoms with Crippen LogP contribution in [0.5, 0.6) is 0 Å². The fraction of sp³-hybridized carbons (Fsp3) is 0.182. The Kier molecular flexibility index (Phi) is 3.38. The van der Waals surface area contributed by atoms with E-state index in [1.807, 2.05) is 13.0 Å². The highest BCUT2D eigenvalue weighted by atomic mass is 16.6. The van der Waals surface area contributed by atoms with Crippen molar-refractivity contribution in [2.45, 2.75) is 13.5 Å². The smallest absolute Gasteiger partial charge is 0.313 e. The van der Waals surface area contributed by atoms with Crippen LogP contribution < -0.4 is 5.32 Å². The van der Waals surface area contributed by atoms with Crippen molar-refractivity contribution < 1.29 is 4.92 Å². The minimum atomic E-state index is -0.583. The molecule has 2 heterocycles. The quantitative estimate of drug-likeness (QED) is 0.661. The number of hydrogen-bond donors (Lipinski definition) is 1. The number of aromatic nitrogens is 3. The largest absolute Gasteiger partial charge is 0.332 e. The van der Waals surface area contributed by atoms with Crippen LogP contribution in [0.1, 0.15) is 12.5 Å². The molecule has 2 rings (SSSR count). The molecule has 8 heteroatoms. The molecule has 0 bridgehead atoms. The molecule has 0 fully saturated rings. The first-order chi connectivity index (χ1) is 9.13. The number of nitrogens with one attached hydrogen (secondary N) is 1. The van der Waals surface area contributed by atoms with Crippen molar-refractivity contribution in [2.24, 2.45) is 0 Å². The average molecular weight is 258 g/mol. The third-order valence-electron chi connectivity index (χ3n) is 2.41. The number of nitrogens with zero attached hydrogens (tertiary/aromatic N) is 5. The number of nitro groups is 1. The van der Waals surface area contributed by atoms with E-state index in [2.05, 4.69) is 15.4 Å². The maximum Gasteiger partial charge on any atom is 0.313 e. The van der Waals surface area contributed by atoms with Gasteiger partial charge in [-0.2, -0.15) is 10.4 Å². The highest BCUT2D eigenvalue weighted by Gasteiger charge is 2.17. The molecule has 19 heavy (non-hydrogen) atoms. The number of rotatable bonds is 4. The third-order valence-corrected chi connectivity index (χ3v) is 2.41. The predicted octanol–water partition coefficient (Wildman–Crippen LogP) is 1.82. The summed E-state index contributed by atoms with van der Waals surface area (Å²) >= 11 is 0. The lowest BCUT2D eigenvalue weighted by atomic mass is 10.2. The van der Waals surface area contributed by atoms with Gasteiger partial charge in [-0.3, -0.25) is 14.8 Å². The van der Waals surface area contributed by atoms with Crippen LogP contribution in [-0.2, 0) is 6.54 Å². The van der Waals surface area contributed by atoms with Gasteiger partial charge in [0.1, 0.15) is 6.07 Å². The molecule has 0 aliphatic rings. The highest BCUT2D eigenvalue weighted by Crippen LogP contribution is 2.25. The summed E-state index contributed by atoms with van der Waals surface area (Å²) in [5, 5.41) is 26.5. The molecule has 0 spiro atoms. The van der Waals surface area contributed by atoms with E-state index in [0.29, 0.717) is 12.2 Å². The Morgan fingerprint density at radius 2 is 2.37 bits per heavy atom. The van der Waals surface area contributed by atoms with Gasteiger partial charge in [-0.15, -0.1) is 0 Å². The van der Waals surface area contributed by atoms with Crippen molar-refractivity contribution >= 4 is 17.2 Å². The molecule has 0 aliphatic carbocycles. The Morgan fingerprint density at radius 1 is 1.58 bits per heavy atom. The highest BCUT2D eigenvalue weighted by molar-refractivity contribution is 5.65. The van der Waals surface area contributed by atoms with Crippen LogP contribution in [0.3, 0.4) is 0 Å². The lowest BCUT2D eigenvalue weighted by molar-refractivity contribution is -0.384. The molecule has 0 saturated carbocycles. The summed E-state index contributed by atoms with van der Waals surface area (Å²) in [7, 11) is 0. The molecule has 0 aliphatic heterocycles. The molecule has 0 amide bonds. The van der Waals surface area contributed by atoms with Gasteiger partial charge < -0.3 is 5.32 Å². The Labute approximate surface area is 108 Å². The fourth-order valence-electron chi connectivity index (χ4n) is 1.49. The Balaban J connectivity index is 2.34. The molecule has 0 unspecified atom stereocenters. The van der Waals surface area contributed by atoms with E-state index in [0.717, 1.165) is 0 Å². The van der Waals surface area contributed by atoms with Crippen LogP contribution in [0.15, 0.2) is 24.7 Å². The minimum Gasteiger partial charge on any atom is -0.332 e. The molecule has 0 radical (unpaired) electrons. The summed E-state index contributed by atoms with van der Waals surface area (Å²) in [5.41, 5.74) is 0.493. The number of aryl methyl sites for hydroxylation is 1. The SMILES string of the molecule is CCn1cc(Nc2ncc(C#N)cc2[N+](=O)[O-])cn1. The fourth-order valence-corrected chi connectivity index (χ4v) is 1.49. The first kappa shape index (κ1) is 12.5. The van der Waals surface area contributed by atoms with Gasteiger partial charge in [0.25, 0.3) is 0 Å². The zero-order valence-corrected chi connectivity index (χ0v) is 10.1. The Hall–Kier alpha value is -2.95. The second-order valence-corrected chi connectivity index (χ2v) is 3.67. The van der Waals surface area contributed by atoms with Crippen molar-refractivity contribution in [3.05, 3.63) is 40.3 Å². The Morgan fingerprint density at radius 3 is 2.95 bits per heavy atom. The first-order valence-corrected chi connectivity index (χ1v) is 5.48. The third kappa shape index (κ3) is 2.66. The van der Waals surface area contributed by atoms with Gasteiger partial charge in [-0.05, 0) is 6.92 Å². The van der Waals surface area contributed by atoms with Gasteiger partial charge in [0.2, 0.25) is 5.82 Å². The lowest BCUT2D eigenvalue weighted by Crippen LogP contribution is -2.00. The number of nitriles is 1. The minimum absolute atomic E-state index is 0.0830. The summed E-state index contributed by atoms with van der Waals surface area (Å²) < 4.78 is 1.68. The lowest BCUT2D eigenvalue weighted by Gasteiger charge is -2.03. The van der Waals surface area contributed by atoms with Crippen molar-refractivity contribution in [1.29, 1.82) is 5.26 Å². The molecule has 0 saturated heterocycles. The summed E-state index contributed by atoms with van der Waals surface area (Å²) in [5.74, 6) is 0.0830. The number of anilines is 2. The topological polar surface area (TPSA) is 110 Å². The number of hydrogen-bond acceptors (Lipinski definition) is 6. The van der Waals surface area contributed by atoms with Crippen LogP contribution in [0.4, 0.5) is 17.2 Å². The zero-order valence-electron chi connectivity index (χ0n) is 10.1. The first-order valence-electron chi connectivity index (χ1n) is 5.48. The average Bonchev–Trinajstić information content (AvgIpc) is 2.86. The van der Waals surface area contributed by atoms with Gasteiger partial charge in [-0.1, -0.05) is 0 Å². The van der Waals surface area contributed by atoms with E-state index in [1.165, 1.54) is 12.3 Å². The van der Waals surface area contributed by atoms with E-state index in [1.54, 1.807) is 17.1 Å². The summed E-state index contributed by atoms with van der Waals surface area (Å²) in [6.45, 7) is 2.63. The van der Waals surface area contributed by atoms with Gasteiger partial charge in [0.05, 0.1) is 22.4 Å². The van der Waals surface area contributed by atoms with Gasteiger partial charge in [0.15, 0.2) is 0 Å². The zero-order chi connectivity index (χ0) is 13.8. The molecule has 2 aromatic heterocycles. The van der Waals surface area contributed by atoms with Crippen LogP contribution in [-0.4, -0.2) is 19.7 Å². The number of pyridine rings is 1. The molecule has 0 aromatic carbocycles. The van der Waals surface area contributed by atoms with E-state index in [4.69, 9.17) is 5.26 Å². The molecule has 0 atom stereocenters. The molecular weight excluding hydrogens is 248 g/mol. The van der Waals surface area contributed by atoms with Crippen LogP contribution in [0.2, 0.25) is 0 Å². The van der Waals surface area contributed by atoms with Crippen LogP contribution in [0.25, 0.3) is 0 Å². The molecule has 8 nitrogen and oxygen atoms in total. The van der Waals surface area contributed by atoms with E-state index in [-0.39, 0.29) is 17.1 Å². The maximum absolute atomic E-state index is 10.9. The van der Waals surface area contributed by atoms with Crippen molar-refractivity contribution in [3.8, 4) is 6.07 Å². The standard InChI is InChI=1S/C11H10N6O2/c1-2-16-7-9(6-14-16)15-11-10(17(18)19)3-8(4-12)5-13-11/h3,5-7H,2H2,1H3,(H,13,15). The van der Waals surface area contributed by atoms with E-state index in [9.17, 15) is 10.1 Å². The molecule has 1 N–H and O–H groups in total. The maximum atomic E-state index is 10.9. The van der Waals surface area contributed by atoms with Crippen LogP contribution in [0, 0.1) is 21.4 Å². The summed E-state index contributed by atoms with van der Waals surface area (Å²) in [4.78, 5) is 14.2. The van der Waals surface area contributed by atoms with Gasteiger partial charge >= 0.3 is 5.69 Å². The van der Waals surface area contributed by atoms with E-state index < -0.39 is 4.92 Å². The predicted molar refractivity (Wildman–Crippen MR) is 66.8 cm³/mol. The normalized spacial score (nSPS) is 9.89. The summed E-state index contributed by atoms with van der Waals surface area (Å²) in [6.07, 6.45) is 4.54. The monoisotopic (exact) mass is 258 g/mol. The van der Waals surface area contributed by atoms with Crippen molar-refractivity contribution in [1.82, 2.24) is 14.8 Å². The second-order valence-electron chi connectivity index (χ2n) is 3.67. The molecular formula is C11H10N6O2. The molecule has 96 valence electrons. The second kappa shape index (κ2) is 5.14. The Bertz CT molecular complexity index is 657. The van der Waals surface area contributed by atoms with Crippen molar-refractivity contribution in [3.63, 3.8) is 0 Å². The van der Waals surface area contributed by atoms with Crippen molar-refractivity contribution in [2.75, 3.05) is 5.32 Å². The summed E-state index contributed by atoms with van der Waals surface area (Å²) in [6, 6.07) is 3.00. The van der Waals surface area contributed by atoms with E-state index >= 15 is 0 Å². The van der Waals surface area contributed by atoms with Gasteiger partial charge in [-0.25, -0.2) is 4.98 Å². The van der Waals surface area contributed by atoms with Crippen LogP contribution >= 0.6 is 0 Å².